The van der Waals surface area contributed by atoms with E-state index in [9.17, 15) is 22.8 Å². The van der Waals surface area contributed by atoms with Crippen molar-refractivity contribution in [2.45, 2.75) is 26.1 Å². The summed E-state index contributed by atoms with van der Waals surface area (Å²) in [6.07, 6.45) is -3.73. The number of rotatable bonds is 6. The van der Waals surface area contributed by atoms with Gasteiger partial charge in [0.05, 0.1) is 17.1 Å². The molecule has 1 aliphatic heterocycles. The maximum Gasteiger partial charge on any atom is 0.417 e. The summed E-state index contributed by atoms with van der Waals surface area (Å²) in [5.74, 6) is -0.217. The Balaban J connectivity index is 1.86. The van der Waals surface area contributed by atoms with E-state index in [1.807, 2.05) is 4.90 Å². The number of piperazine rings is 1. The van der Waals surface area contributed by atoms with Gasteiger partial charge in [-0.05, 0) is 19.9 Å². The van der Waals surface area contributed by atoms with E-state index in [0.29, 0.717) is 38.5 Å². The summed E-state index contributed by atoms with van der Waals surface area (Å²) < 4.78 is 38.1. The van der Waals surface area contributed by atoms with Crippen molar-refractivity contribution in [2.75, 3.05) is 44.2 Å². The van der Waals surface area contributed by atoms with E-state index in [0.717, 1.165) is 12.3 Å². The van der Waals surface area contributed by atoms with Gasteiger partial charge in [-0.1, -0.05) is 11.6 Å². The zero-order valence-corrected chi connectivity index (χ0v) is 16.4. The first-order chi connectivity index (χ1) is 13.1. The van der Waals surface area contributed by atoms with Crippen LogP contribution in [0.2, 0.25) is 5.02 Å². The number of amides is 2. The lowest BCUT2D eigenvalue weighted by Crippen LogP contribution is -2.52. The van der Waals surface area contributed by atoms with Crippen LogP contribution in [0.25, 0.3) is 0 Å². The van der Waals surface area contributed by atoms with Gasteiger partial charge in [0.2, 0.25) is 11.8 Å². The normalized spacial score (nSPS) is 16.6. The second-order valence-electron chi connectivity index (χ2n) is 6.47. The predicted octanol–water partition coefficient (Wildman–Crippen LogP) is 1.52. The number of aromatic nitrogens is 1. The van der Waals surface area contributed by atoms with Gasteiger partial charge in [-0.2, -0.15) is 13.2 Å². The van der Waals surface area contributed by atoms with Gasteiger partial charge in [0.25, 0.3) is 0 Å². The molecule has 2 amide bonds. The molecule has 0 aromatic carbocycles. The van der Waals surface area contributed by atoms with Gasteiger partial charge < -0.3 is 15.5 Å². The highest BCUT2D eigenvalue weighted by Gasteiger charge is 2.32. The quantitative estimate of drug-likeness (QED) is 0.728. The predicted molar refractivity (Wildman–Crippen MR) is 99.2 cm³/mol. The van der Waals surface area contributed by atoms with E-state index < -0.39 is 17.8 Å². The summed E-state index contributed by atoms with van der Waals surface area (Å²) in [5, 5.41) is 5.21. The van der Waals surface area contributed by atoms with E-state index in [1.54, 1.807) is 18.7 Å². The molecule has 7 nitrogen and oxygen atoms in total. The average Bonchev–Trinajstić information content (AvgIpc) is 2.61. The molecular weight excluding hydrogens is 399 g/mol. The van der Waals surface area contributed by atoms with E-state index >= 15 is 0 Å². The number of nitrogens with one attached hydrogen (secondary N) is 2. The molecule has 0 unspecified atom stereocenters. The molecule has 1 aliphatic rings. The molecule has 1 atom stereocenters. The van der Waals surface area contributed by atoms with Crippen molar-refractivity contribution >= 4 is 29.2 Å². The maximum absolute atomic E-state index is 12.7. The Morgan fingerprint density at radius 2 is 1.93 bits per heavy atom. The van der Waals surface area contributed by atoms with Crippen molar-refractivity contribution < 1.29 is 22.8 Å². The number of alkyl halides is 3. The summed E-state index contributed by atoms with van der Waals surface area (Å²) in [5.41, 5.74) is -0.891. The molecule has 0 spiro atoms. The van der Waals surface area contributed by atoms with Crippen LogP contribution in [0.3, 0.4) is 0 Å². The number of carbonyl (C=O) groups excluding carboxylic acids is 2. The second kappa shape index (κ2) is 9.42. The zero-order valence-electron chi connectivity index (χ0n) is 15.6. The standard InChI is InChI=1S/C17H23ClF3N5O2/c1-3-22-16(28)11(2)24-14(27)10-25-4-6-26(7-5-25)15-13(18)8-12(9-23-15)17(19,20)21/h8-9,11H,3-7,10H2,1-2H3,(H,22,28)(H,24,27)/t11-/m0/s1. The van der Waals surface area contributed by atoms with E-state index in [4.69, 9.17) is 11.6 Å². The average molecular weight is 422 g/mol. The van der Waals surface area contributed by atoms with Crippen LogP contribution in [-0.4, -0.2) is 67.0 Å². The maximum atomic E-state index is 12.7. The third-order valence-electron chi connectivity index (χ3n) is 4.31. The minimum atomic E-state index is -4.49. The summed E-state index contributed by atoms with van der Waals surface area (Å²) in [6, 6.07) is 0.246. The Morgan fingerprint density at radius 1 is 1.29 bits per heavy atom. The molecule has 1 aromatic heterocycles. The molecule has 156 valence electrons. The molecule has 0 radical (unpaired) electrons. The first-order valence-electron chi connectivity index (χ1n) is 8.89. The van der Waals surface area contributed by atoms with Crippen LogP contribution in [-0.2, 0) is 15.8 Å². The summed E-state index contributed by atoms with van der Waals surface area (Å²) in [7, 11) is 0. The number of halogens is 4. The van der Waals surface area contributed by atoms with Gasteiger partial charge in [-0.25, -0.2) is 4.98 Å². The molecule has 1 saturated heterocycles. The first kappa shape index (κ1) is 22.2. The molecule has 2 rings (SSSR count). The third kappa shape index (κ3) is 5.96. The Morgan fingerprint density at radius 3 is 2.46 bits per heavy atom. The van der Waals surface area contributed by atoms with Crippen molar-refractivity contribution in [3.63, 3.8) is 0 Å². The molecule has 1 aromatic rings. The Hall–Kier alpha value is -2.07. The number of hydrogen-bond donors (Lipinski definition) is 2. The highest BCUT2D eigenvalue weighted by Crippen LogP contribution is 2.33. The lowest BCUT2D eigenvalue weighted by molar-refractivity contribution is -0.137. The summed E-state index contributed by atoms with van der Waals surface area (Å²) in [6.45, 7) is 5.99. The fraction of sp³-hybridized carbons (Fsp3) is 0.588. The number of hydrogen-bond acceptors (Lipinski definition) is 5. The fourth-order valence-corrected chi connectivity index (χ4v) is 3.11. The monoisotopic (exact) mass is 421 g/mol. The molecule has 1 fully saturated rings. The lowest BCUT2D eigenvalue weighted by Gasteiger charge is -2.35. The molecule has 2 N–H and O–H groups in total. The van der Waals surface area contributed by atoms with E-state index in [2.05, 4.69) is 15.6 Å². The Labute approximate surface area is 166 Å². The van der Waals surface area contributed by atoms with Gasteiger partial charge in [0.1, 0.15) is 11.9 Å². The van der Waals surface area contributed by atoms with Crippen LogP contribution in [0.5, 0.6) is 0 Å². The van der Waals surface area contributed by atoms with Gasteiger partial charge in [-0.3, -0.25) is 14.5 Å². The van der Waals surface area contributed by atoms with Crippen molar-refractivity contribution in [1.82, 2.24) is 20.5 Å². The van der Waals surface area contributed by atoms with Gasteiger partial charge in [-0.15, -0.1) is 0 Å². The molecule has 11 heteroatoms. The van der Waals surface area contributed by atoms with Crippen molar-refractivity contribution in [2.24, 2.45) is 0 Å². The van der Waals surface area contributed by atoms with E-state index in [1.165, 1.54) is 0 Å². The van der Waals surface area contributed by atoms with Gasteiger partial charge in [0.15, 0.2) is 0 Å². The smallest absolute Gasteiger partial charge is 0.355 e. The first-order valence-corrected chi connectivity index (χ1v) is 9.26. The summed E-state index contributed by atoms with van der Waals surface area (Å²) in [4.78, 5) is 31.3. The largest absolute Gasteiger partial charge is 0.417 e. The molecule has 0 bridgehead atoms. The molecular formula is C17H23ClF3N5O2. The number of carbonyl (C=O) groups is 2. The molecule has 28 heavy (non-hydrogen) atoms. The Kier molecular flexibility index (Phi) is 7.48. The van der Waals surface area contributed by atoms with Crippen LogP contribution in [0.4, 0.5) is 19.0 Å². The van der Waals surface area contributed by atoms with Crippen LogP contribution in [0.15, 0.2) is 12.3 Å². The van der Waals surface area contributed by atoms with Crippen LogP contribution < -0.4 is 15.5 Å². The second-order valence-corrected chi connectivity index (χ2v) is 6.88. The summed E-state index contributed by atoms with van der Waals surface area (Å²) >= 11 is 5.98. The van der Waals surface area contributed by atoms with E-state index in [-0.39, 0.29) is 23.4 Å². The number of anilines is 1. The SMILES string of the molecule is CCNC(=O)[C@H](C)NC(=O)CN1CCN(c2ncc(C(F)(F)F)cc2Cl)CC1. The highest BCUT2D eigenvalue weighted by molar-refractivity contribution is 6.33. The number of nitrogens with zero attached hydrogens (tertiary/aromatic N) is 3. The Bertz CT molecular complexity index is 709. The van der Waals surface area contributed by atoms with Crippen LogP contribution in [0.1, 0.15) is 19.4 Å². The molecule has 0 aliphatic carbocycles. The van der Waals surface area contributed by atoms with Crippen LogP contribution >= 0.6 is 11.6 Å². The minimum absolute atomic E-state index is 0.0585. The van der Waals surface area contributed by atoms with Crippen molar-refractivity contribution in [3.8, 4) is 0 Å². The highest BCUT2D eigenvalue weighted by atomic mass is 35.5. The van der Waals surface area contributed by atoms with Crippen LogP contribution in [0, 0.1) is 0 Å². The van der Waals surface area contributed by atoms with Crippen molar-refractivity contribution in [3.05, 3.63) is 22.8 Å². The van der Waals surface area contributed by atoms with Gasteiger partial charge >= 0.3 is 6.18 Å². The minimum Gasteiger partial charge on any atom is -0.355 e. The van der Waals surface area contributed by atoms with Crippen molar-refractivity contribution in [1.29, 1.82) is 0 Å². The molecule has 0 saturated carbocycles. The zero-order chi connectivity index (χ0) is 20.9. The third-order valence-corrected chi connectivity index (χ3v) is 4.59. The fourth-order valence-electron chi connectivity index (χ4n) is 2.82. The topological polar surface area (TPSA) is 77.6 Å². The number of pyridine rings is 1. The molecule has 2 heterocycles. The number of likely N-dealkylation sites (N-methyl/N-ethyl adjacent to an activating group) is 1. The van der Waals surface area contributed by atoms with Gasteiger partial charge in [0, 0.05) is 38.9 Å². The lowest BCUT2D eigenvalue weighted by atomic mass is 10.2.